The summed E-state index contributed by atoms with van der Waals surface area (Å²) in [5.41, 5.74) is 3.55. The molecule has 138 valence electrons. The fraction of sp³-hybridized carbons (Fsp3) is 0.273. The third-order valence-electron chi connectivity index (χ3n) is 4.76. The molecule has 2 aromatic carbocycles. The normalized spacial score (nSPS) is 16.1. The van der Waals surface area contributed by atoms with E-state index in [-0.39, 0.29) is 5.78 Å². The minimum absolute atomic E-state index is 0.152. The predicted octanol–water partition coefficient (Wildman–Crippen LogP) is 4.78. The van der Waals surface area contributed by atoms with Crippen LogP contribution in [0.1, 0.15) is 36.3 Å². The number of para-hydroxylation sites is 1. The van der Waals surface area contributed by atoms with E-state index in [1.165, 1.54) is 0 Å². The monoisotopic (exact) mass is 361 g/mol. The third kappa shape index (κ3) is 3.45. The zero-order chi connectivity index (χ0) is 18.8. The average molecular weight is 361 g/mol. The van der Waals surface area contributed by atoms with Crippen molar-refractivity contribution in [2.24, 2.45) is 5.92 Å². The number of benzene rings is 2. The Balaban J connectivity index is 1.73. The van der Waals surface area contributed by atoms with Gasteiger partial charge in [0.2, 0.25) is 0 Å². The van der Waals surface area contributed by atoms with E-state index in [4.69, 9.17) is 9.84 Å². The third-order valence-corrected chi connectivity index (χ3v) is 4.76. The maximum Gasteiger partial charge on any atom is 0.168 e. The molecule has 4 rings (SSSR count). The van der Waals surface area contributed by atoms with E-state index in [1.54, 1.807) is 0 Å². The molecule has 1 aromatic heterocycles. The number of carbonyl (C=O) groups is 1. The van der Waals surface area contributed by atoms with Gasteiger partial charge < -0.3 is 10.1 Å². The van der Waals surface area contributed by atoms with Crippen molar-refractivity contribution in [2.45, 2.75) is 26.7 Å². The smallest absolute Gasteiger partial charge is 0.168 e. The lowest BCUT2D eigenvalue weighted by Gasteiger charge is -2.19. The molecule has 1 unspecified atom stereocenters. The molecule has 27 heavy (non-hydrogen) atoms. The first-order valence-electron chi connectivity index (χ1n) is 9.36. The quantitative estimate of drug-likeness (QED) is 0.710. The van der Waals surface area contributed by atoms with Gasteiger partial charge in [0.05, 0.1) is 23.6 Å². The molecule has 1 aliphatic carbocycles. The minimum Gasteiger partial charge on any atom is -0.494 e. The van der Waals surface area contributed by atoms with Gasteiger partial charge in [-0.3, -0.25) is 4.79 Å². The van der Waals surface area contributed by atoms with Crippen LogP contribution in [0.4, 0.5) is 11.5 Å². The van der Waals surface area contributed by atoms with Crippen molar-refractivity contribution in [3.63, 3.8) is 0 Å². The van der Waals surface area contributed by atoms with Crippen molar-refractivity contribution in [3.05, 3.63) is 65.9 Å². The number of anilines is 2. The second-order valence-corrected chi connectivity index (χ2v) is 6.94. The molecule has 0 amide bonds. The van der Waals surface area contributed by atoms with Crippen LogP contribution in [0.3, 0.4) is 0 Å². The lowest BCUT2D eigenvalue weighted by Crippen LogP contribution is -2.19. The average Bonchev–Trinajstić information content (AvgIpc) is 3.02. The summed E-state index contributed by atoms with van der Waals surface area (Å²) in [5, 5.41) is 8.08. The van der Waals surface area contributed by atoms with Gasteiger partial charge in [0, 0.05) is 12.1 Å². The van der Waals surface area contributed by atoms with Gasteiger partial charge in [0.25, 0.3) is 0 Å². The summed E-state index contributed by atoms with van der Waals surface area (Å²) in [4.78, 5) is 12.8. The number of carbonyl (C=O) groups excluding carboxylic acids is 1. The van der Waals surface area contributed by atoms with Crippen LogP contribution in [-0.4, -0.2) is 22.2 Å². The second kappa shape index (κ2) is 7.27. The first kappa shape index (κ1) is 17.3. The topological polar surface area (TPSA) is 56.1 Å². The number of fused-ring (bicyclic) bond motifs is 1. The molecule has 0 aliphatic heterocycles. The highest BCUT2D eigenvalue weighted by Gasteiger charge is 2.31. The van der Waals surface area contributed by atoms with E-state index < -0.39 is 0 Å². The minimum atomic E-state index is 0.152. The number of hydrogen-bond acceptors (Lipinski definition) is 4. The Morgan fingerprint density at radius 3 is 2.56 bits per heavy atom. The van der Waals surface area contributed by atoms with Crippen molar-refractivity contribution in [1.29, 1.82) is 0 Å². The lowest BCUT2D eigenvalue weighted by molar-refractivity contribution is 0.0953. The van der Waals surface area contributed by atoms with Gasteiger partial charge in [-0.05, 0) is 55.7 Å². The number of nitrogens with zero attached hydrogens (tertiary/aromatic N) is 2. The van der Waals surface area contributed by atoms with E-state index >= 15 is 0 Å². The van der Waals surface area contributed by atoms with Crippen LogP contribution in [0.15, 0.2) is 54.6 Å². The first-order valence-corrected chi connectivity index (χ1v) is 9.36. The van der Waals surface area contributed by atoms with E-state index in [9.17, 15) is 4.79 Å². The Kier molecular flexibility index (Phi) is 4.67. The summed E-state index contributed by atoms with van der Waals surface area (Å²) in [5.74, 6) is 1.92. The molecule has 3 aromatic rings. The van der Waals surface area contributed by atoms with Gasteiger partial charge in [-0.15, -0.1) is 5.10 Å². The van der Waals surface area contributed by atoms with Crippen LogP contribution in [0, 0.1) is 5.92 Å². The molecule has 0 spiro atoms. The zero-order valence-electron chi connectivity index (χ0n) is 15.6. The Morgan fingerprint density at radius 1 is 1.11 bits per heavy atom. The number of ether oxygens (including phenoxy) is 1. The summed E-state index contributed by atoms with van der Waals surface area (Å²) in [6.45, 7) is 4.71. The van der Waals surface area contributed by atoms with Crippen LogP contribution in [-0.2, 0) is 6.42 Å². The van der Waals surface area contributed by atoms with Crippen LogP contribution >= 0.6 is 0 Å². The molecular formula is C22H23N3O2. The van der Waals surface area contributed by atoms with Crippen LogP contribution in [0.25, 0.3) is 5.69 Å². The van der Waals surface area contributed by atoms with E-state index in [1.807, 2.05) is 66.2 Å². The summed E-state index contributed by atoms with van der Waals surface area (Å²) in [6, 6.07) is 17.7. The molecule has 0 saturated carbocycles. The van der Waals surface area contributed by atoms with Gasteiger partial charge in [-0.1, -0.05) is 25.1 Å². The summed E-state index contributed by atoms with van der Waals surface area (Å²) >= 11 is 0. The highest BCUT2D eigenvalue weighted by Crippen LogP contribution is 2.34. The predicted molar refractivity (Wildman–Crippen MR) is 106 cm³/mol. The second-order valence-electron chi connectivity index (χ2n) is 6.94. The number of ketones is 1. The van der Waals surface area contributed by atoms with Gasteiger partial charge in [0.1, 0.15) is 5.75 Å². The molecule has 1 heterocycles. The van der Waals surface area contributed by atoms with Crippen LogP contribution < -0.4 is 10.1 Å². The fourth-order valence-corrected chi connectivity index (χ4v) is 3.56. The summed E-state index contributed by atoms with van der Waals surface area (Å²) < 4.78 is 7.39. The van der Waals surface area contributed by atoms with Crippen LogP contribution in [0.5, 0.6) is 5.75 Å². The van der Waals surface area contributed by atoms with Crippen molar-refractivity contribution in [3.8, 4) is 11.4 Å². The Labute approximate surface area is 159 Å². The van der Waals surface area contributed by atoms with Crippen molar-refractivity contribution >= 4 is 17.3 Å². The maximum atomic E-state index is 12.8. The van der Waals surface area contributed by atoms with Gasteiger partial charge in [0.15, 0.2) is 11.6 Å². The molecular weight excluding hydrogens is 338 g/mol. The van der Waals surface area contributed by atoms with E-state index in [0.29, 0.717) is 30.3 Å². The molecule has 0 radical (unpaired) electrons. The largest absolute Gasteiger partial charge is 0.494 e. The maximum absolute atomic E-state index is 12.8. The number of hydrogen-bond donors (Lipinski definition) is 1. The molecule has 0 bridgehead atoms. The highest BCUT2D eigenvalue weighted by atomic mass is 16.5. The Bertz CT molecular complexity index is 946. The SMILES string of the molecule is CCOc1ccc(Nc2nn(-c3ccccc3)c3c2C(=O)CC(C)C3)cc1. The van der Waals surface area contributed by atoms with Gasteiger partial charge in [-0.2, -0.15) is 0 Å². The number of nitrogens with one attached hydrogen (secondary N) is 1. The molecule has 0 saturated heterocycles. The Hall–Kier alpha value is -3.08. The van der Waals surface area contributed by atoms with Crippen molar-refractivity contribution in [2.75, 3.05) is 11.9 Å². The number of Topliss-reactive ketones (excluding diaryl/α,β-unsaturated/α-hetero) is 1. The zero-order valence-corrected chi connectivity index (χ0v) is 15.6. The molecule has 5 heteroatoms. The molecule has 0 fully saturated rings. The van der Waals surface area contributed by atoms with Gasteiger partial charge in [-0.25, -0.2) is 4.68 Å². The molecule has 1 aliphatic rings. The summed E-state index contributed by atoms with van der Waals surface area (Å²) in [6.07, 6.45) is 1.40. The Morgan fingerprint density at radius 2 is 1.85 bits per heavy atom. The lowest BCUT2D eigenvalue weighted by atomic mass is 9.87. The number of aromatic nitrogens is 2. The standard InChI is InChI=1S/C22H23N3O2/c1-3-27-18-11-9-16(10-12-18)23-22-21-19(13-15(2)14-20(21)26)25(24-22)17-7-5-4-6-8-17/h4-12,15H,3,13-14H2,1-2H3,(H,23,24). The molecule has 5 nitrogen and oxygen atoms in total. The van der Waals surface area contributed by atoms with Crippen molar-refractivity contribution in [1.82, 2.24) is 9.78 Å². The van der Waals surface area contributed by atoms with E-state index in [2.05, 4.69) is 12.2 Å². The molecule has 1 N–H and O–H groups in total. The first-order chi connectivity index (χ1) is 13.2. The van der Waals surface area contributed by atoms with Gasteiger partial charge >= 0.3 is 0 Å². The number of rotatable bonds is 5. The summed E-state index contributed by atoms with van der Waals surface area (Å²) in [7, 11) is 0. The van der Waals surface area contributed by atoms with E-state index in [0.717, 1.165) is 29.2 Å². The van der Waals surface area contributed by atoms with Crippen molar-refractivity contribution < 1.29 is 9.53 Å². The fourth-order valence-electron chi connectivity index (χ4n) is 3.56. The molecule has 1 atom stereocenters. The van der Waals surface area contributed by atoms with Crippen LogP contribution in [0.2, 0.25) is 0 Å². The highest BCUT2D eigenvalue weighted by molar-refractivity contribution is 6.03.